The molecule has 0 spiro atoms. The first-order valence-corrected chi connectivity index (χ1v) is 12.6. The molecular weight excluding hydrogens is 440 g/mol. The number of carboxylic acids is 1. The number of hydrogen-bond acceptors (Lipinski definition) is 7. The number of amides is 1. The summed E-state index contributed by atoms with van der Waals surface area (Å²) in [6, 6.07) is 11.3. The molecule has 0 radical (unpaired) electrons. The molecule has 2 fully saturated rings. The summed E-state index contributed by atoms with van der Waals surface area (Å²) in [5, 5.41) is 20.7. The van der Waals surface area contributed by atoms with Gasteiger partial charge >= 0.3 is 0 Å². The van der Waals surface area contributed by atoms with E-state index in [2.05, 4.69) is 35.3 Å². The molecule has 0 aliphatic carbocycles. The summed E-state index contributed by atoms with van der Waals surface area (Å²) >= 11 is 4.65. The Bertz CT molecular complexity index is 923. The van der Waals surface area contributed by atoms with E-state index in [0.717, 1.165) is 17.0 Å². The van der Waals surface area contributed by atoms with E-state index in [1.165, 1.54) is 33.3 Å². The van der Waals surface area contributed by atoms with Gasteiger partial charge in [-0.2, -0.15) is 0 Å². The highest BCUT2D eigenvalue weighted by Crippen LogP contribution is 2.53. The van der Waals surface area contributed by atoms with Crippen LogP contribution in [-0.4, -0.2) is 50.7 Å². The first-order chi connectivity index (χ1) is 14.5. The summed E-state index contributed by atoms with van der Waals surface area (Å²) in [6.45, 7) is 0.682. The highest BCUT2D eigenvalue weighted by molar-refractivity contribution is 8.17. The van der Waals surface area contributed by atoms with E-state index in [9.17, 15) is 14.7 Å². The van der Waals surface area contributed by atoms with Crippen molar-refractivity contribution in [3.8, 4) is 0 Å². The Morgan fingerprint density at radius 3 is 2.50 bits per heavy atom. The minimum Gasteiger partial charge on any atom is -0.548 e. The lowest BCUT2D eigenvalue weighted by Gasteiger charge is -2.44. The van der Waals surface area contributed by atoms with E-state index < -0.39 is 12.0 Å². The van der Waals surface area contributed by atoms with Gasteiger partial charge in [0.15, 0.2) is 18.9 Å². The molecule has 0 bridgehead atoms. The van der Waals surface area contributed by atoms with Crippen LogP contribution < -0.4 is 9.67 Å². The molecule has 2 aliphatic rings. The van der Waals surface area contributed by atoms with Crippen molar-refractivity contribution in [3.63, 3.8) is 0 Å². The third-order valence-corrected chi connectivity index (χ3v) is 9.10. The number of aromatic nitrogens is 1. The molecule has 2 aromatic rings. The second-order valence-corrected chi connectivity index (χ2v) is 10.9. The molecular formula is C21H22N2O4S3. The number of β-lactam (4-membered cyclic amide) rings is 1. The van der Waals surface area contributed by atoms with Crippen LogP contribution in [-0.2, 0) is 16.1 Å². The normalized spacial score (nSPS) is 25.1. The zero-order valence-corrected chi connectivity index (χ0v) is 18.8. The maximum Gasteiger partial charge on any atom is 0.230 e. The number of aliphatic carboxylic acids is 1. The second kappa shape index (κ2) is 9.21. The Morgan fingerprint density at radius 2 is 1.90 bits per heavy atom. The Morgan fingerprint density at radius 1 is 1.20 bits per heavy atom. The number of nitrogens with zero attached hydrogens (tertiary/aromatic N) is 2. The van der Waals surface area contributed by atoms with E-state index in [0.29, 0.717) is 6.42 Å². The summed E-state index contributed by atoms with van der Waals surface area (Å²) in [5.74, 6) is -1.72. The number of aliphatic hydroxyl groups excluding tert-OH is 1. The van der Waals surface area contributed by atoms with Crippen molar-refractivity contribution in [1.29, 1.82) is 0 Å². The standard InChI is InChI=1S/C21H22N2O4S3/c1-28-14-6-9-22(10-7-14)12-13-2-4-15(5-3-13)29-21-17(20(26)27)23-18(25)16(8-11-24)19(23)30-21/h2-7,9-10,16-17,19,21,24H,8,11-12H2,1H3/t16-,17?,19?,21?/m0/s1. The fourth-order valence-corrected chi connectivity index (χ4v) is 7.47. The Labute approximate surface area is 188 Å². The number of rotatable bonds is 8. The first kappa shape index (κ1) is 21.5. The Hall–Kier alpha value is -1.68. The van der Waals surface area contributed by atoms with E-state index in [1.807, 2.05) is 24.3 Å². The van der Waals surface area contributed by atoms with Crippen LogP contribution in [0, 0.1) is 5.92 Å². The molecule has 2 saturated heterocycles. The minimum atomic E-state index is -1.22. The van der Waals surface area contributed by atoms with Crippen molar-refractivity contribution >= 4 is 47.2 Å². The predicted molar refractivity (Wildman–Crippen MR) is 116 cm³/mol. The monoisotopic (exact) mass is 462 g/mol. The van der Waals surface area contributed by atoms with Gasteiger partial charge in [-0.25, -0.2) is 4.57 Å². The number of pyridine rings is 1. The maximum atomic E-state index is 12.3. The molecule has 30 heavy (non-hydrogen) atoms. The van der Waals surface area contributed by atoms with Crippen molar-refractivity contribution in [3.05, 3.63) is 54.4 Å². The molecule has 4 rings (SSSR count). The van der Waals surface area contributed by atoms with E-state index >= 15 is 0 Å². The number of fused-ring (bicyclic) bond motifs is 1. The molecule has 6 nitrogen and oxygen atoms in total. The molecule has 0 saturated carbocycles. The minimum absolute atomic E-state index is 0.0748. The number of carbonyl (C=O) groups is 2. The molecule has 1 N–H and O–H groups in total. The maximum absolute atomic E-state index is 12.3. The van der Waals surface area contributed by atoms with Crippen LogP contribution >= 0.6 is 35.3 Å². The fraction of sp³-hybridized carbons (Fsp3) is 0.381. The van der Waals surface area contributed by atoms with Gasteiger partial charge in [0.05, 0.1) is 27.9 Å². The van der Waals surface area contributed by atoms with Crippen LogP contribution in [0.4, 0.5) is 0 Å². The van der Waals surface area contributed by atoms with Crippen molar-refractivity contribution in [2.24, 2.45) is 5.92 Å². The average molecular weight is 463 g/mol. The Balaban J connectivity index is 1.42. The lowest BCUT2D eigenvalue weighted by atomic mass is 9.93. The lowest BCUT2D eigenvalue weighted by molar-refractivity contribution is -0.688. The first-order valence-electron chi connectivity index (χ1n) is 9.60. The smallest absolute Gasteiger partial charge is 0.230 e. The lowest BCUT2D eigenvalue weighted by Crippen LogP contribution is -2.63. The van der Waals surface area contributed by atoms with Gasteiger partial charge in [0.25, 0.3) is 0 Å². The average Bonchev–Trinajstić information content (AvgIpc) is 3.09. The zero-order valence-electron chi connectivity index (χ0n) is 16.3. The largest absolute Gasteiger partial charge is 0.548 e. The zero-order chi connectivity index (χ0) is 21.3. The molecule has 1 amide bonds. The van der Waals surface area contributed by atoms with Crippen molar-refractivity contribution < 1.29 is 24.4 Å². The molecule has 3 heterocycles. The van der Waals surface area contributed by atoms with Crippen molar-refractivity contribution in [1.82, 2.24) is 4.90 Å². The molecule has 1 aromatic carbocycles. The van der Waals surface area contributed by atoms with Crippen LogP contribution in [0.15, 0.2) is 58.6 Å². The highest BCUT2D eigenvalue weighted by Gasteiger charge is 2.58. The molecule has 158 valence electrons. The van der Waals surface area contributed by atoms with Gasteiger partial charge in [-0.05, 0) is 24.8 Å². The van der Waals surface area contributed by atoms with Crippen LogP contribution in [0.2, 0.25) is 0 Å². The van der Waals surface area contributed by atoms with Crippen LogP contribution in [0.5, 0.6) is 0 Å². The molecule has 3 unspecified atom stereocenters. The molecule has 1 aromatic heterocycles. The van der Waals surface area contributed by atoms with Gasteiger partial charge in [-0.1, -0.05) is 12.1 Å². The van der Waals surface area contributed by atoms with Crippen molar-refractivity contribution in [2.75, 3.05) is 12.9 Å². The number of carboxylic acid groups (broad SMARTS) is 1. The van der Waals surface area contributed by atoms with Crippen molar-refractivity contribution in [2.45, 2.75) is 38.8 Å². The highest BCUT2D eigenvalue weighted by atomic mass is 32.2. The molecule has 2 aliphatic heterocycles. The molecule has 4 atom stereocenters. The van der Waals surface area contributed by atoms with E-state index in [-0.39, 0.29) is 28.4 Å². The van der Waals surface area contributed by atoms with E-state index in [4.69, 9.17) is 5.11 Å². The fourth-order valence-electron chi connectivity index (χ4n) is 3.77. The summed E-state index contributed by atoms with van der Waals surface area (Å²) < 4.78 is 1.78. The number of carbonyl (C=O) groups excluding carboxylic acids is 2. The van der Waals surface area contributed by atoms with Gasteiger partial charge in [0.2, 0.25) is 5.91 Å². The summed E-state index contributed by atoms with van der Waals surface area (Å²) in [6.07, 6.45) is 6.53. The number of benzene rings is 1. The van der Waals surface area contributed by atoms with Gasteiger partial charge in [-0.3, -0.25) is 4.79 Å². The summed E-state index contributed by atoms with van der Waals surface area (Å²) in [7, 11) is 0. The summed E-state index contributed by atoms with van der Waals surface area (Å²) in [5.41, 5.74) is 1.15. The topological polar surface area (TPSA) is 84.5 Å². The number of thioether (sulfide) groups is 3. The number of hydrogen-bond donors (Lipinski definition) is 1. The third-order valence-electron chi connectivity index (χ3n) is 5.34. The third kappa shape index (κ3) is 4.21. The van der Waals surface area contributed by atoms with Gasteiger partial charge < -0.3 is 19.9 Å². The molecule has 9 heteroatoms. The van der Waals surface area contributed by atoms with Gasteiger partial charge in [0.1, 0.15) is 0 Å². The SMILES string of the molecule is CSc1cc[n+](Cc2ccc(SC3SC4[C@@H](CCO)C(=O)N4C3C(=O)[O-])cc2)cc1. The predicted octanol–water partition coefficient (Wildman–Crippen LogP) is 1.19. The quantitative estimate of drug-likeness (QED) is 0.358. The Kier molecular flexibility index (Phi) is 6.62. The van der Waals surface area contributed by atoms with Gasteiger partial charge in [0, 0.05) is 34.1 Å². The second-order valence-electron chi connectivity index (χ2n) is 7.20. The number of aliphatic hydroxyl groups is 1. The van der Waals surface area contributed by atoms with Gasteiger partial charge in [-0.15, -0.1) is 35.3 Å². The summed E-state index contributed by atoms with van der Waals surface area (Å²) in [4.78, 5) is 27.6. The van der Waals surface area contributed by atoms with E-state index in [1.54, 1.807) is 11.8 Å². The van der Waals surface area contributed by atoms with Crippen LogP contribution in [0.25, 0.3) is 0 Å². The van der Waals surface area contributed by atoms with Crippen LogP contribution in [0.3, 0.4) is 0 Å². The van der Waals surface area contributed by atoms with Crippen LogP contribution in [0.1, 0.15) is 12.0 Å².